The topological polar surface area (TPSA) is 63.3 Å². The number of nitrogens with zero attached hydrogens (tertiary/aromatic N) is 3. The first-order valence-electron chi connectivity index (χ1n) is 9.20. The van der Waals surface area contributed by atoms with E-state index < -0.39 is 0 Å². The number of rotatable bonds is 5. The van der Waals surface area contributed by atoms with Crippen LogP contribution in [0, 0.1) is 5.92 Å². The summed E-state index contributed by atoms with van der Waals surface area (Å²) in [6.07, 6.45) is 6.80. The summed E-state index contributed by atoms with van der Waals surface area (Å²) >= 11 is 0. The van der Waals surface area contributed by atoms with Crippen LogP contribution < -0.4 is 15.8 Å². The second kappa shape index (κ2) is 6.67. The molecule has 2 fully saturated rings. The molecule has 0 spiro atoms. The molecule has 2 aromatic heterocycles. The van der Waals surface area contributed by atoms with Gasteiger partial charge in [0, 0.05) is 44.5 Å². The number of hydrogen-bond acceptors (Lipinski definition) is 5. The Labute approximate surface area is 147 Å². The fourth-order valence-electron chi connectivity index (χ4n) is 3.69. The number of piperidine rings is 1. The van der Waals surface area contributed by atoms with Gasteiger partial charge in [-0.25, -0.2) is 4.98 Å². The first-order chi connectivity index (χ1) is 12.1. The lowest BCUT2D eigenvalue weighted by atomic mass is 10.1. The summed E-state index contributed by atoms with van der Waals surface area (Å²) in [4.78, 5) is 18.7. The molecule has 2 aromatic rings. The van der Waals surface area contributed by atoms with Crippen LogP contribution >= 0.6 is 0 Å². The molecular formula is C19H26N4O2. The maximum atomic E-state index is 12.3. The zero-order valence-electron chi connectivity index (χ0n) is 14.9. The molecule has 1 N–H and O–H groups in total. The van der Waals surface area contributed by atoms with Crippen molar-refractivity contribution in [1.29, 1.82) is 0 Å². The van der Waals surface area contributed by atoms with E-state index >= 15 is 0 Å². The Bertz CT molecular complexity index is 797. The van der Waals surface area contributed by atoms with Gasteiger partial charge in [-0.05, 0) is 37.3 Å². The number of anilines is 1. The summed E-state index contributed by atoms with van der Waals surface area (Å²) < 4.78 is 7.56. The lowest BCUT2D eigenvalue weighted by molar-refractivity contribution is 0.384. The normalized spacial score (nSPS) is 26.0. The molecule has 6 heteroatoms. The van der Waals surface area contributed by atoms with Crippen LogP contribution in [-0.2, 0) is 13.6 Å². The molecule has 0 bridgehead atoms. The minimum atomic E-state index is -0.0302. The molecule has 1 aliphatic carbocycles. The fourth-order valence-corrected chi connectivity index (χ4v) is 3.69. The molecule has 0 unspecified atom stereocenters. The SMILES string of the molecule is C[C@@H]1C[C@@H]1c1ccc(CN[C@H]2CCCN(c3nccn(C)c3=O)C2)o1. The lowest BCUT2D eigenvalue weighted by Crippen LogP contribution is -2.47. The van der Waals surface area contributed by atoms with Crippen molar-refractivity contribution in [3.63, 3.8) is 0 Å². The van der Waals surface area contributed by atoms with Crippen LogP contribution in [0.3, 0.4) is 0 Å². The van der Waals surface area contributed by atoms with Crippen LogP contribution in [0.15, 0.2) is 33.7 Å². The predicted molar refractivity (Wildman–Crippen MR) is 96.8 cm³/mol. The summed E-state index contributed by atoms with van der Waals surface area (Å²) in [6, 6.07) is 4.55. The van der Waals surface area contributed by atoms with Crippen molar-refractivity contribution in [2.24, 2.45) is 13.0 Å². The lowest BCUT2D eigenvalue weighted by Gasteiger charge is -2.33. The first-order valence-corrected chi connectivity index (χ1v) is 9.20. The molecule has 0 amide bonds. The Morgan fingerprint density at radius 1 is 1.40 bits per heavy atom. The largest absolute Gasteiger partial charge is 0.464 e. The highest BCUT2D eigenvalue weighted by molar-refractivity contribution is 5.36. The van der Waals surface area contributed by atoms with Crippen molar-refractivity contribution in [1.82, 2.24) is 14.9 Å². The Kier molecular flexibility index (Phi) is 4.37. The zero-order chi connectivity index (χ0) is 17.4. The average Bonchev–Trinajstić information content (AvgIpc) is 3.16. The van der Waals surface area contributed by atoms with E-state index in [1.807, 2.05) is 0 Å². The smallest absolute Gasteiger partial charge is 0.293 e. The molecule has 4 rings (SSSR count). The minimum absolute atomic E-state index is 0.0302. The first kappa shape index (κ1) is 16.4. The molecule has 1 aliphatic heterocycles. The second-order valence-corrected chi connectivity index (χ2v) is 7.46. The van der Waals surface area contributed by atoms with E-state index in [4.69, 9.17) is 4.42 Å². The van der Waals surface area contributed by atoms with Crippen LogP contribution in [-0.4, -0.2) is 28.7 Å². The summed E-state index contributed by atoms with van der Waals surface area (Å²) in [5.41, 5.74) is -0.0302. The molecule has 0 aromatic carbocycles. The third-order valence-corrected chi connectivity index (χ3v) is 5.44. The van der Waals surface area contributed by atoms with Crippen molar-refractivity contribution in [3.8, 4) is 0 Å². The maximum absolute atomic E-state index is 12.3. The molecule has 1 saturated heterocycles. The van der Waals surface area contributed by atoms with Gasteiger partial charge in [-0.15, -0.1) is 0 Å². The third kappa shape index (κ3) is 3.49. The van der Waals surface area contributed by atoms with E-state index in [9.17, 15) is 4.79 Å². The van der Waals surface area contributed by atoms with E-state index in [0.717, 1.165) is 49.9 Å². The number of aromatic nitrogens is 2. The van der Waals surface area contributed by atoms with Gasteiger partial charge >= 0.3 is 0 Å². The average molecular weight is 342 g/mol. The standard InChI is InChI=1S/C19H26N4O2/c1-13-10-16(13)17-6-5-15(25-17)11-21-14-4-3-8-23(12-14)18-19(24)22(2)9-7-20-18/h5-7,9,13-14,16,21H,3-4,8,10-12H2,1-2H3/t13-,14+,16+/m1/s1. The van der Waals surface area contributed by atoms with Gasteiger partial charge < -0.3 is 19.2 Å². The zero-order valence-corrected chi connectivity index (χ0v) is 14.9. The van der Waals surface area contributed by atoms with Crippen LogP contribution in [0.1, 0.15) is 43.6 Å². The summed E-state index contributed by atoms with van der Waals surface area (Å²) in [5.74, 6) is 4.07. The van der Waals surface area contributed by atoms with Crippen LogP contribution in [0.5, 0.6) is 0 Å². The number of aryl methyl sites for hydroxylation is 1. The summed E-state index contributed by atoms with van der Waals surface area (Å²) in [6.45, 7) is 4.69. The van der Waals surface area contributed by atoms with E-state index in [1.54, 1.807) is 24.0 Å². The van der Waals surface area contributed by atoms with Crippen molar-refractivity contribution >= 4 is 5.82 Å². The van der Waals surface area contributed by atoms with Gasteiger partial charge in [0.2, 0.25) is 0 Å². The van der Waals surface area contributed by atoms with Gasteiger partial charge in [-0.2, -0.15) is 0 Å². The van der Waals surface area contributed by atoms with E-state index in [2.05, 4.69) is 34.3 Å². The molecule has 25 heavy (non-hydrogen) atoms. The van der Waals surface area contributed by atoms with Gasteiger partial charge in [-0.1, -0.05) is 6.92 Å². The molecule has 2 aliphatic rings. The molecule has 134 valence electrons. The number of nitrogens with one attached hydrogen (secondary N) is 1. The van der Waals surface area contributed by atoms with Gasteiger partial charge in [0.15, 0.2) is 5.82 Å². The minimum Gasteiger partial charge on any atom is -0.464 e. The molecule has 0 radical (unpaired) electrons. The monoisotopic (exact) mass is 342 g/mol. The second-order valence-electron chi connectivity index (χ2n) is 7.46. The molecule has 3 atom stereocenters. The molecule has 1 saturated carbocycles. The molecular weight excluding hydrogens is 316 g/mol. The van der Waals surface area contributed by atoms with E-state index in [0.29, 0.717) is 17.8 Å². The van der Waals surface area contributed by atoms with Gasteiger partial charge in [0.05, 0.1) is 6.54 Å². The fraction of sp³-hybridized carbons (Fsp3) is 0.579. The van der Waals surface area contributed by atoms with E-state index in [-0.39, 0.29) is 5.56 Å². The Morgan fingerprint density at radius 3 is 3.04 bits per heavy atom. The summed E-state index contributed by atoms with van der Waals surface area (Å²) in [5, 5.41) is 3.58. The third-order valence-electron chi connectivity index (χ3n) is 5.44. The van der Waals surface area contributed by atoms with Crippen LogP contribution in [0.25, 0.3) is 0 Å². The quantitative estimate of drug-likeness (QED) is 0.903. The number of furan rings is 1. The van der Waals surface area contributed by atoms with Crippen molar-refractivity contribution in [3.05, 3.63) is 46.4 Å². The maximum Gasteiger partial charge on any atom is 0.293 e. The van der Waals surface area contributed by atoms with E-state index in [1.165, 1.54) is 6.42 Å². The molecule has 6 nitrogen and oxygen atoms in total. The highest BCUT2D eigenvalue weighted by atomic mass is 16.3. The Morgan fingerprint density at radius 2 is 2.24 bits per heavy atom. The Balaban J connectivity index is 1.36. The highest BCUT2D eigenvalue weighted by Gasteiger charge is 2.36. The van der Waals surface area contributed by atoms with Gasteiger partial charge in [-0.3, -0.25) is 4.79 Å². The number of hydrogen-bond donors (Lipinski definition) is 1. The van der Waals surface area contributed by atoms with Crippen molar-refractivity contribution in [2.75, 3.05) is 18.0 Å². The van der Waals surface area contributed by atoms with Crippen molar-refractivity contribution in [2.45, 2.75) is 44.7 Å². The van der Waals surface area contributed by atoms with Crippen LogP contribution in [0.2, 0.25) is 0 Å². The van der Waals surface area contributed by atoms with Crippen molar-refractivity contribution < 1.29 is 4.42 Å². The summed E-state index contributed by atoms with van der Waals surface area (Å²) in [7, 11) is 1.77. The van der Waals surface area contributed by atoms with Gasteiger partial charge in [0.1, 0.15) is 11.5 Å². The van der Waals surface area contributed by atoms with Crippen LogP contribution in [0.4, 0.5) is 5.82 Å². The predicted octanol–water partition coefficient (Wildman–Crippen LogP) is 2.26. The Hall–Kier alpha value is -2.08. The van der Waals surface area contributed by atoms with Gasteiger partial charge in [0.25, 0.3) is 5.56 Å². The highest BCUT2D eigenvalue weighted by Crippen LogP contribution is 2.47. The molecule has 3 heterocycles.